The number of nitriles is 1. The van der Waals surface area contributed by atoms with Gasteiger partial charge >= 0.3 is 0 Å². The molecule has 0 aromatic heterocycles. The van der Waals surface area contributed by atoms with Gasteiger partial charge in [0.2, 0.25) is 10.0 Å². The van der Waals surface area contributed by atoms with Gasteiger partial charge in [-0.1, -0.05) is 17.7 Å². The Labute approximate surface area is 158 Å². The summed E-state index contributed by atoms with van der Waals surface area (Å²) < 4.78 is 32.6. The Bertz CT molecular complexity index is 931. The van der Waals surface area contributed by atoms with E-state index in [0.717, 1.165) is 0 Å². The zero-order valence-corrected chi connectivity index (χ0v) is 15.8. The highest BCUT2D eigenvalue weighted by atomic mass is 35.5. The number of rotatable bonds is 4. The molecule has 1 aliphatic rings. The molecule has 0 unspecified atom stereocenters. The molecule has 0 radical (unpaired) electrons. The fraction of sp³-hybridized carbons (Fsp3) is 0.278. The molecule has 0 aliphatic carbocycles. The van der Waals surface area contributed by atoms with Crippen molar-refractivity contribution in [2.45, 2.75) is 4.90 Å². The molecule has 1 fully saturated rings. The van der Waals surface area contributed by atoms with Crippen molar-refractivity contribution in [3.05, 3.63) is 53.1 Å². The predicted molar refractivity (Wildman–Crippen MR) is 98.9 cm³/mol. The summed E-state index contributed by atoms with van der Waals surface area (Å²) in [5.74, 6) is 0.760. The first-order chi connectivity index (χ1) is 12.4. The predicted octanol–water partition coefficient (Wildman–Crippen LogP) is 2.94. The van der Waals surface area contributed by atoms with Crippen molar-refractivity contribution < 1.29 is 13.2 Å². The molecule has 8 heteroatoms. The van der Waals surface area contributed by atoms with Gasteiger partial charge in [-0.25, -0.2) is 8.42 Å². The molecule has 0 saturated carbocycles. The molecular weight excluding hydrogens is 374 g/mol. The lowest BCUT2D eigenvalue weighted by Gasteiger charge is -2.31. The fourth-order valence-corrected chi connectivity index (χ4v) is 4.31. The van der Waals surface area contributed by atoms with E-state index in [0.29, 0.717) is 42.7 Å². The van der Waals surface area contributed by atoms with Crippen LogP contribution < -0.4 is 4.74 Å². The van der Waals surface area contributed by atoms with E-state index in [1.165, 1.54) is 16.4 Å². The number of hydrogen-bond donors (Lipinski definition) is 0. The fourth-order valence-electron chi connectivity index (χ4n) is 2.68. The highest BCUT2D eigenvalue weighted by molar-refractivity contribution is 7.89. The molecule has 136 valence electrons. The molecule has 1 heterocycles. The van der Waals surface area contributed by atoms with Crippen molar-refractivity contribution in [1.82, 2.24) is 9.21 Å². The van der Waals surface area contributed by atoms with E-state index >= 15 is 0 Å². The van der Waals surface area contributed by atoms with Crippen molar-refractivity contribution >= 4 is 21.6 Å². The lowest BCUT2D eigenvalue weighted by molar-refractivity contribution is 0.222. The molecule has 3 rings (SSSR count). The van der Waals surface area contributed by atoms with E-state index in [9.17, 15) is 13.7 Å². The van der Waals surface area contributed by atoms with Gasteiger partial charge < -0.3 is 9.64 Å². The van der Waals surface area contributed by atoms with Gasteiger partial charge in [-0.3, -0.25) is 0 Å². The van der Waals surface area contributed by atoms with E-state index in [1.807, 2.05) is 13.1 Å². The maximum Gasteiger partial charge on any atom is 0.243 e. The van der Waals surface area contributed by atoms with Crippen LogP contribution in [0, 0.1) is 11.3 Å². The van der Waals surface area contributed by atoms with Gasteiger partial charge in [0.1, 0.15) is 23.1 Å². The Morgan fingerprint density at radius 3 is 2.35 bits per heavy atom. The van der Waals surface area contributed by atoms with Gasteiger partial charge in [-0.15, -0.1) is 0 Å². The monoisotopic (exact) mass is 391 g/mol. The van der Waals surface area contributed by atoms with Crippen LogP contribution in [0.25, 0.3) is 0 Å². The number of sulfonamides is 1. The highest BCUT2D eigenvalue weighted by Gasteiger charge is 2.27. The molecule has 0 bridgehead atoms. The molecule has 2 aromatic rings. The smallest absolute Gasteiger partial charge is 0.243 e. The minimum absolute atomic E-state index is 0.223. The number of benzene rings is 2. The highest BCUT2D eigenvalue weighted by Crippen LogP contribution is 2.30. The maximum atomic E-state index is 12.7. The molecule has 6 nitrogen and oxygen atoms in total. The number of halogens is 1. The third-order valence-electron chi connectivity index (χ3n) is 4.24. The Morgan fingerprint density at radius 1 is 1.08 bits per heavy atom. The minimum atomic E-state index is -3.52. The number of ether oxygens (including phenoxy) is 1. The van der Waals surface area contributed by atoms with Crippen molar-refractivity contribution in [2.75, 3.05) is 33.2 Å². The van der Waals surface area contributed by atoms with Gasteiger partial charge in [0.05, 0.1) is 9.92 Å². The third-order valence-corrected chi connectivity index (χ3v) is 6.47. The van der Waals surface area contributed by atoms with Crippen LogP contribution in [-0.4, -0.2) is 50.8 Å². The molecule has 0 atom stereocenters. The number of hydrogen-bond acceptors (Lipinski definition) is 5. The lowest BCUT2D eigenvalue weighted by atomic mass is 10.2. The molecule has 2 aromatic carbocycles. The average molecular weight is 392 g/mol. The molecule has 0 amide bonds. The van der Waals surface area contributed by atoms with Gasteiger partial charge in [0.15, 0.2) is 0 Å². The molecule has 0 N–H and O–H groups in total. The number of piperazine rings is 1. The third kappa shape index (κ3) is 3.84. The van der Waals surface area contributed by atoms with Crippen molar-refractivity contribution in [1.29, 1.82) is 5.26 Å². The molecule has 0 spiro atoms. The molecule has 26 heavy (non-hydrogen) atoms. The molecule has 1 saturated heterocycles. The Balaban J connectivity index is 1.79. The summed E-state index contributed by atoms with van der Waals surface area (Å²) in [7, 11) is -1.54. The second-order valence-corrected chi connectivity index (χ2v) is 8.35. The van der Waals surface area contributed by atoms with Gasteiger partial charge in [0, 0.05) is 26.2 Å². The van der Waals surface area contributed by atoms with E-state index in [2.05, 4.69) is 4.90 Å². The van der Waals surface area contributed by atoms with Gasteiger partial charge in [-0.2, -0.15) is 9.57 Å². The molecular formula is C18H18ClN3O3S. The first-order valence-corrected chi connectivity index (χ1v) is 9.89. The van der Waals surface area contributed by atoms with Crippen LogP contribution in [0.3, 0.4) is 0 Å². The zero-order chi connectivity index (χ0) is 18.7. The zero-order valence-electron chi connectivity index (χ0n) is 14.2. The van der Waals surface area contributed by atoms with Crippen LogP contribution in [0.4, 0.5) is 0 Å². The summed E-state index contributed by atoms with van der Waals surface area (Å²) in [5, 5.41) is 9.49. The average Bonchev–Trinajstić information content (AvgIpc) is 2.63. The number of nitrogens with zero attached hydrogens (tertiary/aromatic N) is 3. The SMILES string of the molecule is CN1CCN(S(=O)(=O)c2ccc(Oc3cccc(Cl)c3C#N)cc2)CC1. The maximum absolute atomic E-state index is 12.7. The van der Waals surface area contributed by atoms with Crippen molar-refractivity contribution in [3.8, 4) is 17.6 Å². The summed E-state index contributed by atoms with van der Waals surface area (Å²) in [6.45, 7) is 2.38. The van der Waals surface area contributed by atoms with Crippen LogP contribution in [-0.2, 0) is 10.0 Å². The topological polar surface area (TPSA) is 73.6 Å². The van der Waals surface area contributed by atoms with Crippen molar-refractivity contribution in [2.24, 2.45) is 0 Å². The quantitative estimate of drug-likeness (QED) is 0.801. The lowest BCUT2D eigenvalue weighted by Crippen LogP contribution is -2.46. The summed E-state index contributed by atoms with van der Waals surface area (Å²) in [6, 6.07) is 13.1. The van der Waals surface area contributed by atoms with Crippen LogP contribution >= 0.6 is 11.6 Å². The summed E-state index contributed by atoms with van der Waals surface area (Å²) in [5.41, 5.74) is 0.239. The Kier molecular flexibility index (Phi) is 5.49. The van der Waals surface area contributed by atoms with Crippen molar-refractivity contribution in [3.63, 3.8) is 0 Å². The first-order valence-electron chi connectivity index (χ1n) is 8.07. The summed E-state index contributed by atoms with van der Waals surface area (Å²) >= 11 is 5.99. The van der Waals surface area contributed by atoms with Gasteiger partial charge in [0.25, 0.3) is 0 Å². The largest absolute Gasteiger partial charge is 0.456 e. The second-order valence-electron chi connectivity index (χ2n) is 6.01. The number of likely N-dealkylation sites (N-methyl/N-ethyl adjacent to an activating group) is 1. The summed E-state index contributed by atoms with van der Waals surface area (Å²) in [6.07, 6.45) is 0. The second kappa shape index (κ2) is 7.64. The van der Waals surface area contributed by atoms with Crippen LogP contribution in [0.5, 0.6) is 11.5 Å². The standard InChI is InChI=1S/C18H18ClN3O3S/c1-21-9-11-22(12-10-21)26(23,24)15-7-5-14(6-8-15)25-18-4-2-3-17(19)16(18)13-20/h2-8H,9-12H2,1H3. The summed E-state index contributed by atoms with van der Waals surface area (Å²) in [4.78, 5) is 2.32. The normalized spacial score (nSPS) is 16.2. The van der Waals surface area contributed by atoms with E-state index in [4.69, 9.17) is 16.3 Å². The van der Waals surface area contributed by atoms with E-state index in [1.54, 1.807) is 30.3 Å². The Hall–Kier alpha value is -2.11. The van der Waals surface area contributed by atoms with Gasteiger partial charge in [-0.05, 0) is 43.4 Å². The van der Waals surface area contributed by atoms with Crippen LogP contribution in [0.1, 0.15) is 5.56 Å². The van der Waals surface area contributed by atoms with Crippen LogP contribution in [0.2, 0.25) is 5.02 Å². The first kappa shape index (κ1) is 18.7. The molecule has 1 aliphatic heterocycles. The van der Waals surface area contributed by atoms with E-state index < -0.39 is 10.0 Å². The van der Waals surface area contributed by atoms with Crippen LogP contribution in [0.15, 0.2) is 47.4 Å². The minimum Gasteiger partial charge on any atom is -0.456 e. The Morgan fingerprint density at radius 2 is 1.73 bits per heavy atom. The van der Waals surface area contributed by atoms with E-state index in [-0.39, 0.29) is 10.5 Å².